The number of nitrogens with zero attached hydrogens (tertiary/aromatic N) is 1. The third kappa shape index (κ3) is 6.52. The maximum atomic E-state index is 14.0. The van der Waals surface area contributed by atoms with Crippen LogP contribution in [0, 0.1) is 13.8 Å². The number of amides is 2. The Balaban J connectivity index is 1.58. The van der Waals surface area contributed by atoms with Gasteiger partial charge in [0.1, 0.15) is 17.3 Å². The van der Waals surface area contributed by atoms with Crippen LogP contribution in [0.2, 0.25) is 0 Å². The van der Waals surface area contributed by atoms with Crippen LogP contribution >= 0.6 is 24.4 Å². The second kappa shape index (κ2) is 14.0. The molecule has 8 nitrogen and oxygen atoms in total. The van der Waals surface area contributed by atoms with E-state index in [4.69, 9.17) is 29.2 Å². The predicted octanol–water partition coefficient (Wildman–Crippen LogP) is 6.49. The Morgan fingerprint density at radius 2 is 1.25 bits per heavy atom. The molecule has 0 aliphatic carbocycles. The molecule has 3 heterocycles. The van der Waals surface area contributed by atoms with Crippen molar-refractivity contribution < 1.29 is 24.5 Å². The van der Waals surface area contributed by atoms with Crippen molar-refractivity contribution in [2.75, 3.05) is 20.2 Å². The van der Waals surface area contributed by atoms with Crippen LogP contribution in [-0.4, -0.2) is 57.1 Å². The Bertz CT molecular complexity index is 1740. The molecule has 3 aromatic carbocycles. The molecule has 10 heteroatoms. The number of benzene rings is 3. The summed E-state index contributed by atoms with van der Waals surface area (Å²) >= 11 is 11.2. The molecule has 3 aliphatic rings. The molecule has 3 atom stereocenters. The van der Waals surface area contributed by atoms with E-state index < -0.39 is 29.6 Å². The summed E-state index contributed by atoms with van der Waals surface area (Å²) in [6, 6.07) is 20.5. The number of carbonyl (C=O) groups excluding carboxylic acids is 2. The van der Waals surface area contributed by atoms with Gasteiger partial charge in [0, 0.05) is 12.1 Å². The number of aryl methyl sites for hydroxylation is 2. The third-order valence-corrected chi connectivity index (χ3v) is 10.1. The van der Waals surface area contributed by atoms with Crippen LogP contribution in [0.1, 0.15) is 70.4 Å². The van der Waals surface area contributed by atoms with Gasteiger partial charge in [0.2, 0.25) is 0 Å². The number of hydrogen-bond donors (Lipinski definition) is 4. The van der Waals surface area contributed by atoms with Gasteiger partial charge >= 0.3 is 0 Å². The lowest BCUT2D eigenvalue weighted by Crippen LogP contribution is -2.46. The summed E-state index contributed by atoms with van der Waals surface area (Å²) in [5.74, 6) is -4.05. The highest BCUT2D eigenvalue weighted by atomic mass is 32.1. The van der Waals surface area contributed by atoms with Crippen LogP contribution in [0.4, 0.5) is 0 Å². The zero-order valence-corrected chi connectivity index (χ0v) is 28.8. The molecule has 3 aliphatic heterocycles. The number of piperidine rings is 1. The third-order valence-electron chi connectivity index (χ3n) is 9.47. The molecule has 0 aromatic heterocycles. The predicted molar refractivity (Wildman–Crippen MR) is 193 cm³/mol. The number of aliphatic hydroxyl groups is 2. The quantitative estimate of drug-likeness (QED) is 0.200. The maximum Gasteiger partial charge on any atom is 0.256 e. The zero-order valence-electron chi connectivity index (χ0n) is 27.2. The van der Waals surface area contributed by atoms with Gasteiger partial charge in [0.05, 0.1) is 46.0 Å². The Labute approximate surface area is 291 Å². The Kier molecular flexibility index (Phi) is 9.78. The summed E-state index contributed by atoms with van der Waals surface area (Å²) < 4.78 is 5.75. The number of carbonyl (C=O) groups is 2. The fourth-order valence-corrected chi connectivity index (χ4v) is 7.61. The van der Waals surface area contributed by atoms with E-state index >= 15 is 0 Å². The average molecular weight is 682 g/mol. The summed E-state index contributed by atoms with van der Waals surface area (Å²) in [6.45, 7) is 6.41. The lowest BCUT2D eigenvalue weighted by atomic mass is 9.75. The molecule has 0 spiro atoms. The first-order valence-electron chi connectivity index (χ1n) is 16.2. The fraction of sp³-hybridized carbons (Fsp3) is 0.316. The molecule has 1 saturated heterocycles. The SMILES string of the molecule is COc1ccc(C(C2=C(O)[C@H](c3ccc(C)cc3)C(=S)NC2=O)C2=C(O)[C@@H](c3ccc(C)cc3)C(=S)NC2=O)cc1CN1CCCCC1. The minimum absolute atomic E-state index is 0.0737. The molecule has 1 fully saturated rings. The fourth-order valence-electron chi connectivity index (χ4n) is 6.93. The minimum atomic E-state index is -1.18. The van der Waals surface area contributed by atoms with Crippen molar-refractivity contribution in [3.63, 3.8) is 0 Å². The van der Waals surface area contributed by atoms with Gasteiger partial charge in [-0.25, -0.2) is 0 Å². The first-order chi connectivity index (χ1) is 23.1. The van der Waals surface area contributed by atoms with E-state index in [1.54, 1.807) is 13.2 Å². The summed E-state index contributed by atoms with van der Waals surface area (Å²) in [4.78, 5) is 30.6. The van der Waals surface area contributed by atoms with E-state index in [-0.39, 0.29) is 32.6 Å². The van der Waals surface area contributed by atoms with E-state index in [1.807, 2.05) is 74.5 Å². The van der Waals surface area contributed by atoms with Gasteiger partial charge in [-0.05, 0) is 68.6 Å². The van der Waals surface area contributed by atoms with Crippen LogP contribution in [0.3, 0.4) is 0 Å². The van der Waals surface area contributed by atoms with Crippen molar-refractivity contribution >= 4 is 46.2 Å². The van der Waals surface area contributed by atoms with Gasteiger partial charge in [-0.1, -0.05) is 96.6 Å². The van der Waals surface area contributed by atoms with E-state index in [9.17, 15) is 19.8 Å². The van der Waals surface area contributed by atoms with E-state index in [1.165, 1.54) is 6.42 Å². The molecular formula is C38H39N3O5S2. The van der Waals surface area contributed by atoms with E-state index in [2.05, 4.69) is 15.5 Å². The molecule has 0 saturated carbocycles. The van der Waals surface area contributed by atoms with Crippen LogP contribution in [-0.2, 0) is 16.1 Å². The molecule has 1 unspecified atom stereocenters. The maximum absolute atomic E-state index is 14.0. The van der Waals surface area contributed by atoms with Crippen molar-refractivity contribution in [1.82, 2.24) is 15.5 Å². The molecular weight excluding hydrogens is 643 g/mol. The standard InChI is InChI=1S/C38H39N3O5S2/c1-21-7-11-23(12-8-21)29-33(42)31(35(44)39-37(29)47)28(25-15-16-27(46-3)26(19-25)20-41-17-5-4-6-18-41)32-34(43)30(38(48)40-36(32)45)24-13-9-22(2)10-14-24/h7-16,19,28-30,42-43H,4-6,17-18,20H2,1-3H3,(H,39,44,47)(H,40,45,48)/t28?,29-,30+. The molecule has 3 aromatic rings. The number of rotatable bonds is 8. The van der Waals surface area contributed by atoms with Gasteiger partial charge in [0.15, 0.2) is 0 Å². The number of aliphatic hydroxyl groups excluding tert-OH is 2. The molecule has 4 N–H and O–H groups in total. The minimum Gasteiger partial charge on any atom is -0.511 e. The van der Waals surface area contributed by atoms with Gasteiger partial charge in [-0.15, -0.1) is 0 Å². The Morgan fingerprint density at radius 1 is 0.771 bits per heavy atom. The summed E-state index contributed by atoms with van der Waals surface area (Å²) in [5.41, 5.74) is 4.67. The van der Waals surface area contributed by atoms with Gasteiger partial charge in [-0.3, -0.25) is 14.5 Å². The molecule has 2 amide bonds. The van der Waals surface area contributed by atoms with Crippen LogP contribution < -0.4 is 15.4 Å². The van der Waals surface area contributed by atoms with Crippen molar-refractivity contribution in [3.05, 3.63) is 123 Å². The molecule has 6 rings (SSSR count). The molecule has 0 bridgehead atoms. The number of nitrogens with one attached hydrogen (secondary N) is 2. The van der Waals surface area contributed by atoms with Crippen molar-refractivity contribution in [2.45, 2.75) is 57.4 Å². The number of hydrogen-bond acceptors (Lipinski definition) is 8. The highest BCUT2D eigenvalue weighted by Crippen LogP contribution is 2.45. The summed E-state index contributed by atoms with van der Waals surface area (Å²) in [6.07, 6.45) is 3.40. The highest BCUT2D eigenvalue weighted by molar-refractivity contribution is 7.80. The molecule has 248 valence electrons. The lowest BCUT2D eigenvalue weighted by Gasteiger charge is -2.35. The van der Waals surface area contributed by atoms with E-state index in [0.29, 0.717) is 29.0 Å². The Morgan fingerprint density at radius 3 is 1.71 bits per heavy atom. The average Bonchev–Trinajstić information content (AvgIpc) is 3.06. The van der Waals surface area contributed by atoms with Gasteiger partial charge in [0.25, 0.3) is 11.8 Å². The summed E-state index contributed by atoms with van der Waals surface area (Å²) in [7, 11) is 1.61. The first-order valence-corrected chi connectivity index (χ1v) is 17.0. The van der Waals surface area contributed by atoms with Crippen molar-refractivity contribution in [1.29, 1.82) is 0 Å². The van der Waals surface area contributed by atoms with Crippen LogP contribution in [0.15, 0.2) is 89.4 Å². The number of methoxy groups -OCH3 is 1. The second-order valence-electron chi connectivity index (χ2n) is 12.8. The zero-order chi connectivity index (χ0) is 34.1. The second-order valence-corrected chi connectivity index (χ2v) is 13.6. The molecule has 0 radical (unpaired) electrons. The smallest absolute Gasteiger partial charge is 0.256 e. The monoisotopic (exact) mass is 681 g/mol. The Hall–Kier alpha value is -4.38. The highest BCUT2D eigenvalue weighted by Gasteiger charge is 2.45. The lowest BCUT2D eigenvalue weighted by molar-refractivity contribution is -0.117. The van der Waals surface area contributed by atoms with Gasteiger partial charge in [-0.2, -0.15) is 0 Å². The summed E-state index contributed by atoms with van der Waals surface area (Å²) in [5, 5.41) is 29.7. The first kappa shape index (κ1) is 33.5. The van der Waals surface area contributed by atoms with E-state index in [0.717, 1.165) is 42.6 Å². The largest absolute Gasteiger partial charge is 0.511 e. The van der Waals surface area contributed by atoms with Crippen LogP contribution in [0.25, 0.3) is 0 Å². The van der Waals surface area contributed by atoms with Crippen LogP contribution in [0.5, 0.6) is 5.75 Å². The van der Waals surface area contributed by atoms with Crippen molar-refractivity contribution in [3.8, 4) is 5.75 Å². The number of likely N-dealkylation sites (tertiary alicyclic amines) is 1. The number of ether oxygens (including phenoxy) is 1. The van der Waals surface area contributed by atoms with Crippen molar-refractivity contribution in [2.24, 2.45) is 0 Å². The topological polar surface area (TPSA) is 111 Å². The van der Waals surface area contributed by atoms with Gasteiger partial charge < -0.3 is 25.6 Å². The number of thiocarbonyl (C=S) groups is 2. The molecule has 48 heavy (non-hydrogen) atoms. The normalized spacial score (nSPS) is 21.2.